The summed E-state index contributed by atoms with van der Waals surface area (Å²) >= 11 is 3.46. The van der Waals surface area contributed by atoms with E-state index in [0.717, 1.165) is 35.0 Å². The van der Waals surface area contributed by atoms with E-state index in [1.54, 1.807) is 0 Å². The monoisotopic (exact) mass is 414 g/mol. The maximum Gasteiger partial charge on any atom is 0.227 e. The number of nitrogens with zero attached hydrogens (tertiary/aromatic N) is 1. The first-order valence-electron chi connectivity index (χ1n) is 9.00. The van der Waals surface area contributed by atoms with E-state index in [2.05, 4.69) is 21.2 Å². The average Bonchev–Trinajstić information content (AvgIpc) is 2.67. The average molecular weight is 415 g/mol. The third kappa shape index (κ3) is 5.18. The molecule has 2 amide bonds. The van der Waals surface area contributed by atoms with Gasteiger partial charge in [0.25, 0.3) is 0 Å². The van der Waals surface area contributed by atoms with Crippen molar-refractivity contribution in [2.75, 3.05) is 18.4 Å². The molecule has 3 rings (SSSR count). The van der Waals surface area contributed by atoms with Gasteiger partial charge in [-0.05, 0) is 49.1 Å². The smallest absolute Gasteiger partial charge is 0.227 e. The van der Waals surface area contributed by atoms with Crippen LogP contribution in [0.5, 0.6) is 0 Å². The number of anilines is 1. The molecule has 0 aliphatic carbocycles. The number of piperidine rings is 1. The van der Waals surface area contributed by atoms with Crippen LogP contribution in [0.3, 0.4) is 0 Å². The summed E-state index contributed by atoms with van der Waals surface area (Å²) in [7, 11) is 0. The van der Waals surface area contributed by atoms with Crippen molar-refractivity contribution in [2.45, 2.75) is 25.7 Å². The molecule has 1 N–H and O–H groups in total. The van der Waals surface area contributed by atoms with Crippen molar-refractivity contribution >= 4 is 33.4 Å². The number of rotatable bonds is 5. The predicted molar refractivity (Wildman–Crippen MR) is 107 cm³/mol. The fourth-order valence-corrected chi connectivity index (χ4v) is 3.71. The summed E-state index contributed by atoms with van der Waals surface area (Å²) in [5.41, 5.74) is 1.98. The lowest BCUT2D eigenvalue weighted by Crippen LogP contribution is -2.41. The Morgan fingerprint density at radius 3 is 2.46 bits per heavy atom. The normalized spacial score (nSPS) is 14.9. The molecule has 1 heterocycles. The molecule has 1 saturated heterocycles. The van der Waals surface area contributed by atoms with Gasteiger partial charge in [0.2, 0.25) is 11.8 Å². The summed E-state index contributed by atoms with van der Waals surface area (Å²) in [5, 5.41) is 2.96. The highest BCUT2D eigenvalue weighted by Crippen LogP contribution is 2.21. The van der Waals surface area contributed by atoms with Crippen molar-refractivity contribution in [3.05, 3.63) is 64.6 Å². The molecule has 1 aliphatic heterocycles. The van der Waals surface area contributed by atoms with Gasteiger partial charge < -0.3 is 10.2 Å². The maximum atomic E-state index is 12.4. The minimum Gasteiger partial charge on any atom is -0.343 e. The highest BCUT2D eigenvalue weighted by Gasteiger charge is 2.27. The Balaban J connectivity index is 1.44. The third-order valence-corrected chi connectivity index (χ3v) is 5.27. The van der Waals surface area contributed by atoms with Gasteiger partial charge in [-0.3, -0.25) is 9.59 Å². The molecule has 136 valence electrons. The number of carbonyl (C=O) groups excluding carboxylic acids is 2. The van der Waals surface area contributed by atoms with Crippen molar-refractivity contribution in [1.82, 2.24) is 4.90 Å². The van der Waals surface area contributed by atoms with Crippen LogP contribution in [0.2, 0.25) is 0 Å². The molecule has 0 spiro atoms. The number of halogens is 1. The molecule has 26 heavy (non-hydrogen) atoms. The lowest BCUT2D eigenvalue weighted by Gasteiger charge is -2.31. The van der Waals surface area contributed by atoms with Crippen LogP contribution in [0.25, 0.3) is 0 Å². The zero-order chi connectivity index (χ0) is 18.4. The largest absolute Gasteiger partial charge is 0.343 e. The molecule has 1 fully saturated rings. The molecule has 2 aromatic carbocycles. The van der Waals surface area contributed by atoms with E-state index in [0.29, 0.717) is 19.5 Å². The van der Waals surface area contributed by atoms with Gasteiger partial charge in [-0.2, -0.15) is 0 Å². The zero-order valence-corrected chi connectivity index (χ0v) is 16.2. The van der Waals surface area contributed by atoms with Gasteiger partial charge >= 0.3 is 0 Å². The van der Waals surface area contributed by atoms with E-state index in [9.17, 15) is 9.59 Å². The Hall–Kier alpha value is -2.14. The van der Waals surface area contributed by atoms with E-state index < -0.39 is 0 Å². The van der Waals surface area contributed by atoms with Gasteiger partial charge in [0.05, 0.1) is 0 Å². The lowest BCUT2D eigenvalue weighted by molar-refractivity contribution is -0.134. The first-order chi connectivity index (χ1) is 12.6. The quantitative estimate of drug-likeness (QED) is 0.794. The maximum absolute atomic E-state index is 12.4. The van der Waals surface area contributed by atoms with Crippen molar-refractivity contribution in [3.8, 4) is 0 Å². The fraction of sp³-hybridized carbons (Fsp3) is 0.333. The van der Waals surface area contributed by atoms with Crippen LogP contribution < -0.4 is 5.32 Å². The lowest BCUT2D eigenvalue weighted by atomic mass is 9.95. The van der Waals surface area contributed by atoms with Crippen LogP contribution in [-0.2, 0) is 16.0 Å². The van der Waals surface area contributed by atoms with Crippen LogP contribution in [-0.4, -0.2) is 29.8 Å². The molecule has 0 saturated carbocycles. The van der Waals surface area contributed by atoms with Gasteiger partial charge in [0.1, 0.15) is 0 Å². The number of aryl methyl sites for hydroxylation is 1. The van der Waals surface area contributed by atoms with Gasteiger partial charge in [-0.15, -0.1) is 0 Å². The number of amides is 2. The van der Waals surface area contributed by atoms with Crippen LogP contribution in [0, 0.1) is 5.92 Å². The minimum absolute atomic E-state index is 0.0238. The Labute approximate surface area is 162 Å². The van der Waals surface area contributed by atoms with E-state index in [1.807, 2.05) is 59.5 Å². The van der Waals surface area contributed by atoms with Crippen molar-refractivity contribution in [2.24, 2.45) is 5.92 Å². The van der Waals surface area contributed by atoms with Crippen LogP contribution >= 0.6 is 15.9 Å². The van der Waals surface area contributed by atoms with Crippen molar-refractivity contribution in [3.63, 3.8) is 0 Å². The topological polar surface area (TPSA) is 49.4 Å². The molecule has 0 radical (unpaired) electrons. The molecular weight excluding hydrogens is 392 g/mol. The number of para-hydroxylation sites is 1. The third-order valence-electron chi connectivity index (χ3n) is 4.78. The number of likely N-dealkylation sites (tertiary alicyclic amines) is 1. The molecule has 0 unspecified atom stereocenters. The van der Waals surface area contributed by atoms with E-state index in [1.165, 1.54) is 0 Å². The number of nitrogens with one attached hydrogen (secondary N) is 1. The molecule has 0 aromatic heterocycles. The van der Waals surface area contributed by atoms with Gasteiger partial charge in [-0.25, -0.2) is 0 Å². The molecule has 1 aliphatic rings. The predicted octanol–water partition coefficient (Wildman–Crippen LogP) is 4.26. The second kappa shape index (κ2) is 8.99. The van der Waals surface area contributed by atoms with Gasteiger partial charge in [0, 0.05) is 35.6 Å². The summed E-state index contributed by atoms with van der Waals surface area (Å²) in [6.07, 6.45) is 2.70. The van der Waals surface area contributed by atoms with E-state index >= 15 is 0 Å². The summed E-state index contributed by atoms with van der Waals surface area (Å²) in [4.78, 5) is 26.7. The Morgan fingerprint density at radius 1 is 1.04 bits per heavy atom. The second-order valence-corrected chi connectivity index (χ2v) is 7.56. The summed E-state index contributed by atoms with van der Waals surface area (Å²) < 4.78 is 1.03. The summed E-state index contributed by atoms with van der Waals surface area (Å²) in [6, 6.07) is 17.6. The molecule has 4 nitrogen and oxygen atoms in total. The van der Waals surface area contributed by atoms with E-state index in [4.69, 9.17) is 0 Å². The highest BCUT2D eigenvalue weighted by atomic mass is 79.9. The Morgan fingerprint density at radius 2 is 1.77 bits per heavy atom. The Kier molecular flexibility index (Phi) is 6.45. The molecular formula is C21H23BrN2O2. The van der Waals surface area contributed by atoms with Crippen LogP contribution in [0.4, 0.5) is 5.69 Å². The Bertz CT molecular complexity index is 756. The van der Waals surface area contributed by atoms with Crippen LogP contribution in [0.15, 0.2) is 59.1 Å². The molecule has 0 atom stereocenters. The summed E-state index contributed by atoms with van der Waals surface area (Å²) in [5.74, 6) is 0.202. The zero-order valence-electron chi connectivity index (χ0n) is 14.7. The number of carbonyl (C=O) groups is 2. The van der Waals surface area contributed by atoms with Gasteiger partial charge in [0.15, 0.2) is 0 Å². The molecule has 2 aromatic rings. The molecule has 0 bridgehead atoms. The molecule has 5 heteroatoms. The highest BCUT2D eigenvalue weighted by molar-refractivity contribution is 9.10. The van der Waals surface area contributed by atoms with Crippen molar-refractivity contribution in [1.29, 1.82) is 0 Å². The fourth-order valence-electron chi connectivity index (χ4n) is 3.26. The second-order valence-electron chi connectivity index (χ2n) is 6.64. The summed E-state index contributed by atoms with van der Waals surface area (Å²) in [6.45, 7) is 1.31. The number of hydrogen-bond donors (Lipinski definition) is 1. The van der Waals surface area contributed by atoms with E-state index in [-0.39, 0.29) is 17.7 Å². The van der Waals surface area contributed by atoms with Crippen LogP contribution in [0.1, 0.15) is 24.8 Å². The number of benzene rings is 2. The number of hydrogen-bond acceptors (Lipinski definition) is 2. The standard InChI is InChI=1S/C21H23BrN2O2/c22-18-6-4-5-16(15-18)9-10-20(25)24-13-11-17(12-14-24)21(26)23-19-7-2-1-3-8-19/h1-8,15,17H,9-14H2,(H,23,26). The first-order valence-corrected chi connectivity index (χ1v) is 9.79. The SMILES string of the molecule is O=C(Nc1ccccc1)C1CCN(C(=O)CCc2cccc(Br)c2)CC1. The van der Waals surface area contributed by atoms with Crippen molar-refractivity contribution < 1.29 is 9.59 Å². The first kappa shape index (κ1) is 18.6. The van der Waals surface area contributed by atoms with Gasteiger partial charge in [-0.1, -0.05) is 46.3 Å². The minimum atomic E-state index is -0.0238.